The Labute approximate surface area is 243 Å². The van der Waals surface area contributed by atoms with Crippen molar-refractivity contribution in [2.24, 2.45) is 13.0 Å². The summed E-state index contributed by atoms with van der Waals surface area (Å²) in [6, 6.07) is 10.9. The molecule has 2 fully saturated rings. The Morgan fingerprint density at radius 1 is 1.07 bits per heavy atom. The minimum Gasteiger partial charge on any atom is -0.495 e. The lowest BCUT2D eigenvalue weighted by atomic mass is 10.0. The van der Waals surface area contributed by atoms with Crippen molar-refractivity contribution in [2.75, 3.05) is 39.2 Å². The number of rotatable bonds is 9. The molecule has 1 aromatic carbocycles. The lowest BCUT2D eigenvalue weighted by molar-refractivity contribution is 0.0916. The first-order valence-corrected chi connectivity index (χ1v) is 14.3. The molecule has 2 N–H and O–H groups in total. The Morgan fingerprint density at radius 2 is 1.88 bits per heavy atom. The number of piperidine rings is 1. The van der Waals surface area contributed by atoms with Crippen LogP contribution in [-0.2, 0) is 7.05 Å². The fraction of sp³-hybridized carbons (Fsp3) is 0.387. The van der Waals surface area contributed by atoms with Crippen molar-refractivity contribution in [2.45, 2.75) is 31.7 Å². The van der Waals surface area contributed by atoms with E-state index in [0.29, 0.717) is 57.8 Å². The number of aromatic nitrogens is 4. The van der Waals surface area contributed by atoms with E-state index in [1.54, 1.807) is 44.8 Å². The molecule has 1 saturated carbocycles. The molecule has 11 nitrogen and oxygen atoms in total. The molecular formula is C31H35N7O4. The first kappa shape index (κ1) is 27.6. The number of nitrogens with zero attached hydrogens (tertiary/aromatic N) is 5. The van der Waals surface area contributed by atoms with Crippen molar-refractivity contribution in [3.05, 3.63) is 64.7 Å². The van der Waals surface area contributed by atoms with Gasteiger partial charge in [0.15, 0.2) is 5.75 Å². The third-order valence-corrected chi connectivity index (χ3v) is 7.94. The molecule has 42 heavy (non-hydrogen) atoms. The Kier molecular flexibility index (Phi) is 7.75. The number of pyridine rings is 2. The molecule has 0 bridgehead atoms. The number of amides is 1. The molecule has 0 unspecified atom stereocenters. The molecule has 0 atom stereocenters. The number of fused-ring (bicyclic) bond motifs is 1. The van der Waals surface area contributed by atoms with Crippen LogP contribution in [0.4, 0.5) is 11.6 Å². The number of methoxy groups -OCH3 is 1. The fourth-order valence-electron chi connectivity index (χ4n) is 5.19. The zero-order chi connectivity index (χ0) is 29.2. The predicted molar refractivity (Wildman–Crippen MR) is 160 cm³/mol. The van der Waals surface area contributed by atoms with Gasteiger partial charge in [-0.15, -0.1) is 0 Å². The highest BCUT2D eigenvalue weighted by molar-refractivity contribution is 5.96. The first-order valence-electron chi connectivity index (χ1n) is 14.3. The van der Waals surface area contributed by atoms with Gasteiger partial charge in [-0.1, -0.05) is 6.07 Å². The van der Waals surface area contributed by atoms with Crippen LogP contribution in [0.5, 0.6) is 11.5 Å². The molecule has 4 heterocycles. The van der Waals surface area contributed by atoms with Gasteiger partial charge >= 0.3 is 0 Å². The second kappa shape index (κ2) is 11.8. The molecule has 6 rings (SSSR count). The van der Waals surface area contributed by atoms with Crippen LogP contribution in [0.15, 0.2) is 53.6 Å². The highest BCUT2D eigenvalue weighted by atomic mass is 16.5. The fourth-order valence-corrected chi connectivity index (χ4v) is 5.19. The number of nitrogens with one attached hydrogen (secondary N) is 2. The van der Waals surface area contributed by atoms with Crippen LogP contribution in [-0.4, -0.2) is 70.2 Å². The molecule has 0 radical (unpaired) electrons. The van der Waals surface area contributed by atoms with Gasteiger partial charge in [0.25, 0.3) is 11.5 Å². The Hall–Kier alpha value is -4.51. The normalized spacial score (nSPS) is 15.9. The van der Waals surface area contributed by atoms with Crippen molar-refractivity contribution in [1.29, 1.82) is 0 Å². The Balaban J connectivity index is 1.32. The van der Waals surface area contributed by atoms with E-state index in [0.717, 1.165) is 38.8 Å². The van der Waals surface area contributed by atoms with Gasteiger partial charge in [0.2, 0.25) is 5.95 Å². The van der Waals surface area contributed by atoms with E-state index >= 15 is 0 Å². The van der Waals surface area contributed by atoms with Crippen LogP contribution in [0.25, 0.3) is 22.3 Å². The molecule has 4 aromatic rings. The van der Waals surface area contributed by atoms with Gasteiger partial charge in [0.1, 0.15) is 11.3 Å². The summed E-state index contributed by atoms with van der Waals surface area (Å²) in [4.78, 5) is 42.5. The van der Waals surface area contributed by atoms with Crippen LogP contribution in [0, 0.1) is 5.92 Å². The maximum atomic E-state index is 13.4. The Morgan fingerprint density at radius 3 is 2.60 bits per heavy atom. The van der Waals surface area contributed by atoms with Gasteiger partial charge in [-0.3, -0.25) is 14.6 Å². The van der Waals surface area contributed by atoms with Gasteiger partial charge in [0, 0.05) is 24.8 Å². The molecular weight excluding hydrogens is 534 g/mol. The lowest BCUT2D eigenvalue weighted by Gasteiger charge is -2.29. The van der Waals surface area contributed by atoms with Gasteiger partial charge in [-0.05, 0) is 82.1 Å². The van der Waals surface area contributed by atoms with Gasteiger partial charge in [-0.2, -0.15) is 0 Å². The second-order valence-electron chi connectivity index (χ2n) is 11.1. The lowest BCUT2D eigenvalue weighted by Crippen LogP contribution is -2.43. The molecule has 1 aliphatic heterocycles. The molecule has 1 amide bonds. The topological polar surface area (TPSA) is 124 Å². The number of aryl methyl sites for hydroxylation is 1. The quantitative estimate of drug-likeness (QED) is 0.310. The van der Waals surface area contributed by atoms with Gasteiger partial charge in [-0.25, -0.2) is 9.97 Å². The van der Waals surface area contributed by atoms with Crippen molar-refractivity contribution in [1.82, 2.24) is 29.7 Å². The molecule has 218 valence electrons. The molecule has 0 spiro atoms. The smallest absolute Gasteiger partial charge is 0.293 e. The summed E-state index contributed by atoms with van der Waals surface area (Å²) in [5, 5.41) is 6.37. The summed E-state index contributed by atoms with van der Waals surface area (Å²) < 4.78 is 13.2. The molecule has 1 saturated heterocycles. The number of hydrogen-bond donors (Lipinski definition) is 2. The highest BCUT2D eigenvalue weighted by Crippen LogP contribution is 2.36. The maximum absolute atomic E-state index is 13.4. The first-order chi connectivity index (χ1) is 20.4. The molecule has 2 aliphatic rings. The van der Waals surface area contributed by atoms with Crippen molar-refractivity contribution < 1.29 is 14.3 Å². The Bertz CT molecular complexity index is 1660. The largest absolute Gasteiger partial charge is 0.495 e. The number of carbonyl (C=O) groups excluding carboxylic acids is 1. The summed E-state index contributed by atoms with van der Waals surface area (Å²) in [5.41, 5.74) is 3.07. The van der Waals surface area contributed by atoms with E-state index in [2.05, 4.69) is 32.5 Å². The summed E-state index contributed by atoms with van der Waals surface area (Å²) in [7, 11) is 5.33. The zero-order valence-corrected chi connectivity index (χ0v) is 24.1. The molecule has 1 aliphatic carbocycles. The van der Waals surface area contributed by atoms with E-state index in [1.807, 2.05) is 18.2 Å². The summed E-state index contributed by atoms with van der Waals surface area (Å²) in [5.74, 6) is 1.35. The van der Waals surface area contributed by atoms with E-state index in [-0.39, 0.29) is 23.3 Å². The van der Waals surface area contributed by atoms with Crippen LogP contribution >= 0.6 is 0 Å². The van der Waals surface area contributed by atoms with Crippen LogP contribution in [0.1, 0.15) is 36.0 Å². The third-order valence-electron chi connectivity index (χ3n) is 7.94. The summed E-state index contributed by atoms with van der Waals surface area (Å²) in [6.07, 6.45) is 7.35. The number of anilines is 2. The van der Waals surface area contributed by atoms with Crippen LogP contribution < -0.4 is 25.7 Å². The SMILES string of the molecule is COc1cc(C(=O)NC2CCN(C)CC2)ccc1Nc1ncc2c(n1)c(-c1ccccn1)c(OCC1CC1)c(=O)n2C. The number of hydrogen-bond acceptors (Lipinski definition) is 9. The van der Waals surface area contributed by atoms with Crippen LogP contribution in [0.2, 0.25) is 0 Å². The van der Waals surface area contributed by atoms with E-state index in [1.165, 1.54) is 4.57 Å². The molecule has 11 heteroatoms. The third kappa shape index (κ3) is 5.78. The number of likely N-dealkylation sites (tertiary alicyclic amines) is 1. The monoisotopic (exact) mass is 569 g/mol. The maximum Gasteiger partial charge on any atom is 0.293 e. The number of benzene rings is 1. The standard InChI is InChI=1S/C31H35N7O4/c1-37-14-11-21(12-15-37)34-29(39)20-9-10-22(25(16-20)41-3)35-31-33-17-24-27(36-31)26(23-6-4-5-13-32-23)28(30(40)38(24)2)42-18-19-7-8-19/h4-6,9-10,13,16-17,19,21H,7-8,11-12,14-15,18H2,1-3H3,(H,34,39)(H,33,35,36). The van der Waals surface area contributed by atoms with Gasteiger partial charge in [0.05, 0.1) is 42.4 Å². The minimum atomic E-state index is -0.260. The van der Waals surface area contributed by atoms with E-state index < -0.39 is 0 Å². The van der Waals surface area contributed by atoms with Crippen LogP contribution in [0.3, 0.4) is 0 Å². The zero-order valence-electron chi connectivity index (χ0n) is 24.1. The van der Waals surface area contributed by atoms with E-state index in [4.69, 9.17) is 14.5 Å². The number of ether oxygens (including phenoxy) is 2. The van der Waals surface area contributed by atoms with Crippen molar-refractivity contribution in [3.8, 4) is 22.8 Å². The van der Waals surface area contributed by atoms with E-state index in [9.17, 15) is 9.59 Å². The molecule has 3 aromatic heterocycles. The van der Waals surface area contributed by atoms with Crippen molar-refractivity contribution in [3.63, 3.8) is 0 Å². The minimum absolute atomic E-state index is 0.129. The summed E-state index contributed by atoms with van der Waals surface area (Å²) >= 11 is 0. The average molecular weight is 570 g/mol. The predicted octanol–water partition coefficient (Wildman–Crippen LogP) is 3.76. The second-order valence-corrected chi connectivity index (χ2v) is 11.1. The van der Waals surface area contributed by atoms with Crippen molar-refractivity contribution >= 4 is 28.6 Å². The number of carbonyl (C=O) groups is 1. The van der Waals surface area contributed by atoms with Gasteiger partial charge < -0.3 is 29.6 Å². The highest BCUT2D eigenvalue weighted by Gasteiger charge is 2.26. The average Bonchev–Trinajstić information content (AvgIpc) is 3.84. The summed E-state index contributed by atoms with van der Waals surface area (Å²) in [6.45, 7) is 2.41.